The van der Waals surface area contributed by atoms with Gasteiger partial charge < -0.3 is 4.74 Å². The molecule has 0 aliphatic carbocycles. The standard InChI is InChI=1S/C15H17FN2O4S/c1-11(9-17)22-15(19)12-3-2-8-18(10-12)23(20,21)14-6-4-13(16)5-7-14/h4-7,11-12H,2-3,8,10H2,1H3. The van der Waals surface area contributed by atoms with Gasteiger partial charge in [0.25, 0.3) is 0 Å². The Morgan fingerprint density at radius 3 is 2.70 bits per heavy atom. The molecule has 1 aliphatic heterocycles. The van der Waals surface area contributed by atoms with Crippen molar-refractivity contribution in [3.63, 3.8) is 0 Å². The number of ether oxygens (including phenoxy) is 1. The van der Waals surface area contributed by atoms with E-state index < -0.39 is 33.8 Å². The predicted octanol–water partition coefficient (Wildman–Crippen LogP) is 1.68. The largest absolute Gasteiger partial charge is 0.447 e. The van der Waals surface area contributed by atoms with Crippen LogP contribution >= 0.6 is 0 Å². The maximum absolute atomic E-state index is 12.9. The summed E-state index contributed by atoms with van der Waals surface area (Å²) in [5.41, 5.74) is 0. The van der Waals surface area contributed by atoms with Crippen molar-refractivity contribution in [2.45, 2.75) is 30.8 Å². The monoisotopic (exact) mass is 340 g/mol. The number of nitrogens with zero attached hydrogens (tertiary/aromatic N) is 2. The Labute approximate surface area is 134 Å². The molecule has 0 spiro atoms. The van der Waals surface area contributed by atoms with Gasteiger partial charge in [0.05, 0.1) is 10.8 Å². The number of carbonyl (C=O) groups excluding carboxylic acids is 1. The van der Waals surface area contributed by atoms with E-state index in [0.717, 1.165) is 12.1 Å². The van der Waals surface area contributed by atoms with Crippen molar-refractivity contribution in [1.82, 2.24) is 4.31 Å². The van der Waals surface area contributed by atoms with Crippen molar-refractivity contribution in [2.75, 3.05) is 13.1 Å². The van der Waals surface area contributed by atoms with Crippen LogP contribution in [0.25, 0.3) is 0 Å². The van der Waals surface area contributed by atoms with Crippen molar-refractivity contribution in [1.29, 1.82) is 5.26 Å². The summed E-state index contributed by atoms with van der Waals surface area (Å²) >= 11 is 0. The van der Waals surface area contributed by atoms with Crippen molar-refractivity contribution in [3.05, 3.63) is 30.1 Å². The van der Waals surface area contributed by atoms with Crippen LogP contribution in [-0.4, -0.2) is 37.9 Å². The van der Waals surface area contributed by atoms with E-state index in [2.05, 4.69) is 0 Å². The van der Waals surface area contributed by atoms with Gasteiger partial charge in [-0.3, -0.25) is 4.79 Å². The molecule has 0 bridgehead atoms. The average molecular weight is 340 g/mol. The molecule has 0 N–H and O–H groups in total. The quantitative estimate of drug-likeness (QED) is 0.778. The third-order valence-electron chi connectivity index (χ3n) is 3.64. The first kappa shape index (κ1) is 17.4. The molecule has 1 heterocycles. The second kappa shape index (κ2) is 7.06. The van der Waals surface area contributed by atoms with Crippen LogP contribution in [0.15, 0.2) is 29.2 Å². The van der Waals surface area contributed by atoms with Crippen LogP contribution in [0, 0.1) is 23.1 Å². The number of sulfonamides is 1. The van der Waals surface area contributed by atoms with Crippen LogP contribution in [0.2, 0.25) is 0 Å². The van der Waals surface area contributed by atoms with Crippen LogP contribution in [0.5, 0.6) is 0 Å². The molecule has 1 fully saturated rings. The van der Waals surface area contributed by atoms with Crippen molar-refractivity contribution in [2.24, 2.45) is 5.92 Å². The van der Waals surface area contributed by atoms with Gasteiger partial charge in [-0.1, -0.05) is 0 Å². The molecule has 1 aliphatic rings. The van der Waals surface area contributed by atoms with Gasteiger partial charge in [-0.2, -0.15) is 9.57 Å². The Morgan fingerprint density at radius 1 is 1.43 bits per heavy atom. The highest BCUT2D eigenvalue weighted by atomic mass is 32.2. The maximum atomic E-state index is 12.9. The molecule has 23 heavy (non-hydrogen) atoms. The fraction of sp³-hybridized carbons (Fsp3) is 0.467. The first-order valence-electron chi connectivity index (χ1n) is 7.20. The highest BCUT2D eigenvalue weighted by molar-refractivity contribution is 7.89. The highest BCUT2D eigenvalue weighted by Gasteiger charge is 2.34. The lowest BCUT2D eigenvalue weighted by Crippen LogP contribution is -2.43. The van der Waals surface area contributed by atoms with E-state index in [1.165, 1.54) is 23.4 Å². The molecule has 6 nitrogen and oxygen atoms in total. The molecule has 2 rings (SSSR count). The zero-order valence-corrected chi connectivity index (χ0v) is 13.4. The minimum absolute atomic E-state index is 0.00328. The number of hydrogen-bond acceptors (Lipinski definition) is 5. The Bertz CT molecular complexity index is 712. The van der Waals surface area contributed by atoms with Crippen LogP contribution < -0.4 is 0 Å². The van der Waals surface area contributed by atoms with E-state index in [9.17, 15) is 17.6 Å². The fourth-order valence-electron chi connectivity index (χ4n) is 2.41. The number of halogens is 1. The number of esters is 1. The van der Waals surface area contributed by atoms with Gasteiger partial charge in [-0.25, -0.2) is 12.8 Å². The van der Waals surface area contributed by atoms with Gasteiger partial charge >= 0.3 is 5.97 Å². The van der Waals surface area contributed by atoms with E-state index in [-0.39, 0.29) is 18.0 Å². The van der Waals surface area contributed by atoms with Crippen molar-refractivity contribution >= 4 is 16.0 Å². The summed E-state index contributed by atoms with van der Waals surface area (Å²) in [6, 6.07) is 6.36. The molecule has 2 atom stereocenters. The molecule has 8 heteroatoms. The summed E-state index contributed by atoms with van der Waals surface area (Å²) in [5, 5.41) is 8.67. The molecule has 124 valence electrons. The number of carbonyl (C=O) groups is 1. The van der Waals surface area contributed by atoms with Crippen LogP contribution in [0.4, 0.5) is 4.39 Å². The molecule has 0 aromatic heterocycles. The molecule has 1 aromatic carbocycles. The topological polar surface area (TPSA) is 87.5 Å². The molecular formula is C15H17FN2O4S. The minimum Gasteiger partial charge on any atom is -0.447 e. The summed E-state index contributed by atoms with van der Waals surface area (Å²) in [7, 11) is -3.79. The summed E-state index contributed by atoms with van der Waals surface area (Å²) in [6.45, 7) is 1.74. The van der Waals surface area contributed by atoms with Gasteiger partial charge in [0, 0.05) is 13.1 Å². The first-order valence-corrected chi connectivity index (χ1v) is 8.64. The third-order valence-corrected chi connectivity index (χ3v) is 5.52. The highest BCUT2D eigenvalue weighted by Crippen LogP contribution is 2.25. The van der Waals surface area contributed by atoms with E-state index >= 15 is 0 Å². The summed E-state index contributed by atoms with van der Waals surface area (Å²) in [5.74, 6) is -1.69. The lowest BCUT2D eigenvalue weighted by Gasteiger charge is -2.30. The zero-order chi connectivity index (χ0) is 17.0. The van der Waals surface area contributed by atoms with E-state index in [0.29, 0.717) is 12.8 Å². The van der Waals surface area contributed by atoms with E-state index in [4.69, 9.17) is 10.00 Å². The predicted molar refractivity (Wildman–Crippen MR) is 79.0 cm³/mol. The van der Waals surface area contributed by atoms with Crippen LogP contribution in [-0.2, 0) is 19.6 Å². The Balaban J connectivity index is 2.13. The van der Waals surface area contributed by atoms with Crippen LogP contribution in [0.3, 0.4) is 0 Å². The molecular weight excluding hydrogens is 323 g/mol. The lowest BCUT2D eigenvalue weighted by atomic mass is 10.00. The van der Waals surface area contributed by atoms with Crippen LogP contribution in [0.1, 0.15) is 19.8 Å². The summed E-state index contributed by atoms with van der Waals surface area (Å²) in [6.07, 6.45) is 0.152. The van der Waals surface area contributed by atoms with Gasteiger partial charge in [0.1, 0.15) is 11.9 Å². The van der Waals surface area contributed by atoms with Gasteiger partial charge in [-0.15, -0.1) is 0 Å². The third kappa shape index (κ3) is 4.06. The number of hydrogen-bond donors (Lipinski definition) is 0. The molecule has 1 aromatic rings. The maximum Gasteiger partial charge on any atom is 0.311 e. The number of piperidine rings is 1. The molecule has 2 unspecified atom stereocenters. The van der Waals surface area contributed by atoms with Crippen molar-refractivity contribution < 1.29 is 22.3 Å². The normalized spacial score (nSPS) is 20.5. The number of rotatable bonds is 4. The summed E-state index contributed by atoms with van der Waals surface area (Å²) in [4.78, 5) is 12.0. The van der Waals surface area contributed by atoms with Gasteiger partial charge in [-0.05, 0) is 44.0 Å². The second-order valence-corrected chi connectivity index (χ2v) is 7.30. The Hall–Kier alpha value is -1.98. The minimum atomic E-state index is -3.79. The average Bonchev–Trinajstić information content (AvgIpc) is 2.55. The fourth-order valence-corrected chi connectivity index (χ4v) is 3.93. The Kier molecular flexibility index (Phi) is 5.34. The van der Waals surface area contributed by atoms with E-state index in [1.807, 2.05) is 0 Å². The smallest absolute Gasteiger partial charge is 0.311 e. The number of benzene rings is 1. The molecule has 1 saturated heterocycles. The molecule has 0 radical (unpaired) electrons. The molecule has 0 amide bonds. The van der Waals surface area contributed by atoms with Gasteiger partial charge in [0.2, 0.25) is 10.0 Å². The second-order valence-electron chi connectivity index (χ2n) is 5.36. The lowest BCUT2D eigenvalue weighted by molar-refractivity contribution is -0.152. The number of nitriles is 1. The Morgan fingerprint density at radius 2 is 2.09 bits per heavy atom. The zero-order valence-electron chi connectivity index (χ0n) is 12.6. The van der Waals surface area contributed by atoms with Gasteiger partial charge in [0.15, 0.2) is 6.10 Å². The first-order chi connectivity index (χ1) is 10.8. The SMILES string of the molecule is CC(C#N)OC(=O)C1CCCN(S(=O)(=O)c2ccc(F)cc2)C1. The van der Waals surface area contributed by atoms with E-state index in [1.54, 1.807) is 6.07 Å². The summed E-state index contributed by atoms with van der Waals surface area (Å²) < 4.78 is 44.2. The molecule has 0 saturated carbocycles. The van der Waals surface area contributed by atoms with Crippen molar-refractivity contribution in [3.8, 4) is 6.07 Å².